The zero-order valence-corrected chi connectivity index (χ0v) is 12.9. The lowest BCUT2D eigenvalue weighted by Crippen LogP contribution is -2.26. The van der Waals surface area contributed by atoms with Crippen molar-refractivity contribution < 1.29 is 9.21 Å². The zero-order chi connectivity index (χ0) is 15.5. The Labute approximate surface area is 129 Å². The van der Waals surface area contributed by atoms with Crippen molar-refractivity contribution in [3.8, 4) is 0 Å². The van der Waals surface area contributed by atoms with Gasteiger partial charge in [0.1, 0.15) is 5.69 Å². The van der Waals surface area contributed by atoms with Crippen LogP contribution in [-0.2, 0) is 6.54 Å². The predicted octanol–water partition coefficient (Wildman–Crippen LogP) is 3.73. The fraction of sp³-hybridized carbons (Fsp3) is 0.278. The Balaban J connectivity index is 1.98. The molecule has 0 bridgehead atoms. The molecular weight excluding hydrogens is 276 g/mol. The Bertz CT molecular complexity index is 798. The van der Waals surface area contributed by atoms with Crippen molar-refractivity contribution in [1.29, 1.82) is 0 Å². The summed E-state index contributed by atoms with van der Waals surface area (Å²) < 4.78 is 7.51. The molecule has 3 aromatic rings. The summed E-state index contributed by atoms with van der Waals surface area (Å²) in [5.74, 6) is -0.0547. The van der Waals surface area contributed by atoms with Crippen LogP contribution in [0.1, 0.15) is 35.0 Å². The van der Waals surface area contributed by atoms with Crippen molar-refractivity contribution in [2.24, 2.45) is 0 Å². The second-order valence-electron chi connectivity index (χ2n) is 5.54. The first-order valence-corrected chi connectivity index (χ1v) is 7.59. The van der Waals surface area contributed by atoms with E-state index in [1.807, 2.05) is 29.7 Å². The molecule has 114 valence electrons. The van der Waals surface area contributed by atoms with E-state index in [2.05, 4.69) is 30.4 Å². The van der Waals surface area contributed by atoms with Gasteiger partial charge in [-0.2, -0.15) is 0 Å². The molecule has 0 saturated carbocycles. The Morgan fingerprint density at radius 3 is 2.91 bits per heavy atom. The highest BCUT2D eigenvalue weighted by atomic mass is 16.3. The number of aromatic nitrogens is 1. The van der Waals surface area contributed by atoms with E-state index in [-0.39, 0.29) is 5.91 Å². The van der Waals surface area contributed by atoms with E-state index >= 15 is 0 Å². The molecule has 22 heavy (non-hydrogen) atoms. The summed E-state index contributed by atoms with van der Waals surface area (Å²) in [5, 5.41) is 3.89. The van der Waals surface area contributed by atoms with Crippen LogP contribution >= 0.6 is 0 Å². The van der Waals surface area contributed by atoms with Crippen LogP contribution in [0.3, 0.4) is 0 Å². The number of hydrogen-bond acceptors (Lipinski definition) is 2. The third-order valence-electron chi connectivity index (χ3n) is 3.69. The van der Waals surface area contributed by atoms with E-state index in [4.69, 9.17) is 4.42 Å². The number of nitrogens with one attached hydrogen (secondary N) is 1. The van der Waals surface area contributed by atoms with Gasteiger partial charge in [0, 0.05) is 11.9 Å². The Hall–Kier alpha value is -2.49. The van der Waals surface area contributed by atoms with Crippen molar-refractivity contribution in [1.82, 2.24) is 9.88 Å². The first-order chi connectivity index (χ1) is 10.7. The molecule has 1 amide bonds. The third kappa shape index (κ3) is 2.77. The summed E-state index contributed by atoms with van der Waals surface area (Å²) in [6, 6.07) is 12.1. The number of carbonyl (C=O) groups excluding carboxylic acids is 1. The molecule has 0 saturated heterocycles. The Morgan fingerprint density at radius 2 is 2.14 bits per heavy atom. The van der Waals surface area contributed by atoms with Gasteiger partial charge in [0.25, 0.3) is 5.91 Å². The van der Waals surface area contributed by atoms with Gasteiger partial charge in [-0.15, -0.1) is 0 Å². The number of amides is 1. The van der Waals surface area contributed by atoms with E-state index in [1.165, 1.54) is 5.56 Å². The smallest absolute Gasteiger partial charge is 0.268 e. The van der Waals surface area contributed by atoms with Gasteiger partial charge in [0.15, 0.2) is 0 Å². The maximum atomic E-state index is 12.4. The van der Waals surface area contributed by atoms with E-state index in [9.17, 15) is 4.79 Å². The number of hydrogen-bond donors (Lipinski definition) is 1. The Kier molecular flexibility index (Phi) is 4.00. The molecule has 4 heteroatoms. The summed E-state index contributed by atoms with van der Waals surface area (Å²) >= 11 is 0. The molecule has 0 aliphatic heterocycles. The lowest BCUT2D eigenvalue weighted by atomic mass is 10.1. The topological polar surface area (TPSA) is 47.2 Å². The molecule has 0 atom stereocenters. The molecule has 0 aliphatic rings. The van der Waals surface area contributed by atoms with Crippen LogP contribution in [0.25, 0.3) is 11.1 Å². The largest absolute Gasteiger partial charge is 0.448 e. The molecule has 4 nitrogen and oxygen atoms in total. The van der Waals surface area contributed by atoms with Crippen molar-refractivity contribution in [2.75, 3.05) is 6.54 Å². The van der Waals surface area contributed by atoms with Crippen LogP contribution in [0, 0.1) is 6.92 Å². The first kappa shape index (κ1) is 14.4. The summed E-state index contributed by atoms with van der Waals surface area (Å²) in [7, 11) is 0. The second kappa shape index (κ2) is 6.10. The van der Waals surface area contributed by atoms with Crippen molar-refractivity contribution in [2.45, 2.75) is 26.8 Å². The molecule has 0 aliphatic carbocycles. The van der Waals surface area contributed by atoms with E-state index < -0.39 is 0 Å². The van der Waals surface area contributed by atoms with Crippen LogP contribution in [0.2, 0.25) is 0 Å². The fourth-order valence-electron chi connectivity index (χ4n) is 2.64. The minimum Gasteiger partial charge on any atom is -0.448 e. The molecular formula is C18H20N2O2. The molecule has 3 rings (SSSR count). The number of carbonyl (C=O) groups is 1. The molecule has 0 spiro atoms. The van der Waals surface area contributed by atoms with Crippen LogP contribution < -0.4 is 5.32 Å². The van der Waals surface area contributed by atoms with Crippen molar-refractivity contribution in [3.05, 3.63) is 59.5 Å². The average molecular weight is 296 g/mol. The minimum atomic E-state index is -0.0547. The van der Waals surface area contributed by atoms with Crippen LogP contribution in [0.15, 0.2) is 47.1 Å². The van der Waals surface area contributed by atoms with Crippen LogP contribution in [0.4, 0.5) is 0 Å². The molecule has 0 fully saturated rings. The number of aryl methyl sites for hydroxylation is 1. The second-order valence-corrected chi connectivity index (χ2v) is 5.54. The maximum absolute atomic E-state index is 12.4. The van der Waals surface area contributed by atoms with E-state index in [0.29, 0.717) is 18.8 Å². The molecule has 1 aromatic carbocycles. The molecule has 2 heterocycles. The zero-order valence-electron chi connectivity index (χ0n) is 12.9. The summed E-state index contributed by atoms with van der Waals surface area (Å²) in [6.07, 6.45) is 2.57. The average Bonchev–Trinajstić information content (AvgIpc) is 3.07. The monoisotopic (exact) mass is 296 g/mol. The van der Waals surface area contributed by atoms with Gasteiger partial charge in [-0.25, -0.2) is 0 Å². The van der Waals surface area contributed by atoms with Gasteiger partial charge >= 0.3 is 0 Å². The quantitative estimate of drug-likeness (QED) is 0.780. The summed E-state index contributed by atoms with van der Waals surface area (Å²) in [6.45, 7) is 5.40. The van der Waals surface area contributed by atoms with Gasteiger partial charge in [-0.3, -0.25) is 4.79 Å². The van der Waals surface area contributed by atoms with Gasteiger partial charge < -0.3 is 14.3 Å². The third-order valence-corrected chi connectivity index (χ3v) is 3.69. The highest BCUT2D eigenvalue weighted by Gasteiger charge is 2.17. The van der Waals surface area contributed by atoms with Crippen molar-refractivity contribution in [3.63, 3.8) is 0 Å². The molecule has 1 N–H and O–H groups in total. The van der Waals surface area contributed by atoms with Gasteiger partial charge in [-0.1, -0.05) is 36.8 Å². The predicted molar refractivity (Wildman–Crippen MR) is 87.1 cm³/mol. The van der Waals surface area contributed by atoms with Gasteiger partial charge in [0.05, 0.1) is 12.8 Å². The summed E-state index contributed by atoms with van der Waals surface area (Å²) in [4.78, 5) is 12.4. The molecule has 2 aromatic heterocycles. The number of nitrogens with zero attached hydrogens (tertiary/aromatic N) is 1. The Morgan fingerprint density at radius 1 is 1.27 bits per heavy atom. The van der Waals surface area contributed by atoms with Crippen LogP contribution in [0.5, 0.6) is 0 Å². The SMILES string of the molecule is CCCNC(=O)c1cc2ccoc2n1Cc1cccc(C)c1. The minimum absolute atomic E-state index is 0.0547. The molecule has 0 unspecified atom stereocenters. The lowest BCUT2D eigenvalue weighted by Gasteiger charge is -2.10. The number of furan rings is 1. The van der Waals surface area contributed by atoms with Gasteiger partial charge in [0.2, 0.25) is 5.71 Å². The van der Waals surface area contributed by atoms with Crippen molar-refractivity contribution >= 4 is 17.0 Å². The van der Waals surface area contributed by atoms with E-state index in [0.717, 1.165) is 23.1 Å². The lowest BCUT2D eigenvalue weighted by molar-refractivity contribution is 0.0945. The first-order valence-electron chi connectivity index (χ1n) is 7.59. The number of benzene rings is 1. The maximum Gasteiger partial charge on any atom is 0.268 e. The summed E-state index contributed by atoms with van der Waals surface area (Å²) in [5.41, 5.74) is 3.74. The highest BCUT2D eigenvalue weighted by Crippen LogP contribution is 2.22. The number of rotatable bonds is 5. The van der Waals surface area contributed by atoms with Crippen LogP contribution in [-0.4, -0.2) is 17.0 Å². The van der Waals surface area contributed by atoms with E-state index in [1.54, 1.807) is 6.26 Å². The molecule has 0 radical (unpaired) electrons. The number of fused-ring (bicyclic) bond motifs is 1. The standard InChI is InChI=1S/C18H20N2O2/c1-3-8-19-17(21)16-11-15-7-9-22-18(15)20(16)12-14-6-4-5-13(2)10-14/h4-7,9-11H,3,8,12H2,1-2H3,(H,19,21). The van der Waals surface area contributed by atoms with Gasteiger partial charge in [-0.05, 0) is 31.0 Å². The normalized spacial score (nSPS) is 11.0. The fourth-order valence-corrected chi connectivity index (χ4v) is 2.64. The highest BCUT2D eigenvalue weighted by molar-refractivity contribution is 5.97.